The average Bonchev–Trinajstić information content (AvgIpc) is 2.61. The number of carbonyl (C=O) groups is 1. The Morgan fingerprint density at radius 2 is 1.81 bits per heavy atom. The maximum atomic E-state index is 12.2. The second-order valence-corrected chi connectivity index (χ2v) is 9.47. The lowest BCUT2D eigenvalue weighted by Crippen LogP contribution is -2.41. The molecule has 0 aromatic heterocycles. The van der Waals surface area contributed by atoms with Crippen LogP contribution in [0.3, 0.4) is 0 Å². The van der Waals surface area contributed by atoms with Gasteiger partial charge in [0.2, 0.25) is 15.9 Å². The quantitative estimate of drug-likeness (QED) is 0.623. The minimum absolute atomic E-state index is 0.282. The van der Waals surface area contributed by atoms with E-state index in [0.717, 1.165) is 22.1 Å². The van der Waals surface area contributed by atoms with E-state index >= 15 is 0 Å². The number of nitrogens with zero attached hydrogens (tertiary/aromatic N) is 1. The fraction of sp³-hybridized carbons (Fsp3) is 0.316. The van der Waals surface area contributed by atoms with E-state index < -0.39 is 10.0 Å². The lowest BCUT2D eigenvalue weighted by molar-refractivity contribution is -0.119. The van der Waals surface area contributed by atoms with Gasteiger partial charge < -0.3 is 5.32 Å². The van der Waals surface area contributed by atoms with Crippen molar-refractivity contribution in [2.24, 2.45) is 0 Å². The molecule has 0 fully saturated rings. The van der Waals surface area contributed by atoms with E-state index in [4.69, 9.17) is 11.6 Å². The Morgan fingerprint density at radius 3 is 2.48 bits per heavy atom. The number of aryl methyl sites for hydroxylation is 1. The van der Waals surface area contributed by atoms with Crippen LogP contribution < -0.4 is 9.62 Å². The lowest BCUT2D eigenvalue weighted by Gasteiger charge is -2.22. The van der Waals surface area contributed by atoms with Crippen molar-refractivity contribution < 1.29 is 13.2 Å². The topological polar surface area (TPSA) is 66.5 Å². The Bertz CT molecular complexity index is 888. The first kappa shape index (κ1) is 21.6. The first-order chi connectivity index (χ1) is 12.8. The molecular weight excluding hydrogens is 404 g/mol. The van der Waals surface area contributed by atoms with Gasteiger partial charge in [0, 0.05) is 18.1 Å². The van der Waals surface area contributed by atoms with Crippen LogP contribution in [0.2, 0.25) is 5.02 Å². The van der Waals surface area contributed by atoms with Crippen molar-refractivity contribution in [1.82, 2.24) is 5.32 Å². The van der Waals surface area contributed by atoms with E-state index in [0.29, 0.717) is 12.2 Å². The van der Waals surface area contributed by atoms with Gasteiger partial charge in [-0.2, -0.15) is 11.8 Å². The van der Waals surface area contributed by atoms with Gasteiger partial charge in [-0.1, -0.05) is 48.0 Å². The van der Waals surface area contributed by atoms with Gasteiger partial charge in [-0.3, -0.25) is 9.10 Å². The highest BCUT2D eigenvalue weighted by Crippen LogP contribution is 2.26. The molecule has 27 heavy (non-hydrogen) atoms. The molecule has 1 N–H and O–H groups in total. The molecule has 8 heteroatoms. The molecule has 0 saturated heterocycles. The number of sulfonamides is 1. The maximum absolute atomic E-state index is 12.2. The number of thioether (sulfide) groups is 1. The molecular formula is C19H23ClN2O3S2. The third kappa shape index (κ3) is 6.75. The van der Waals surface area contributed by atoms with Crippen LogP contribution in [0.25, 0.3) is 0 Å². The fourth-order valence-electron chi connectivity index (χ4n) is 2.44. The van der Waals surface area contributed by atoms with E-state index in [9.17, 15) is 13.2 Å². The summed E-state index contributed by atoms with van der Waals surface area (Å²) in [5, 5.41) is 3.05. The Morgan fingerprint density at radius 1 is 1.15 bits per heavy atom. The molecule has 0 aliphatic rings. The third-order valence-electron chi connectivity index (χ3n) is 3.90. The Balaban J connectivity index is 1.84. The van der Waals surface area contributed by atoms with Crippen molar-refractivity contribution in [1.29, 1.82) is 0 Å². The van der Waals surface area contributed by atoms with Crippen LogP contribution in [0.15, 0.2) is 48.5 Å². The van der Waals surface area contributed by atoms with Crippen molar-refractivity contribution in [2.45, 2.75) is 12.7 Å². The predicted molar refractivity (Wildman–Crippen MR) is 114 cm³/mol. The zero-order valence-corrected chi connectivity index (χ0v) is 17.7. The highest BCUT2D eigenvalue weighted by molar-refractivity contribution is 7.98. The second kappa shape index (κ2) is 10.0. The fourth-order valence-corrected chi connectivity index (χ4v) is 4.53. The predicted octanol–water partition coefficient (Wildman–Crippen LogP) is 3.46. The third-order valence-corrected chi connectivity index (χ3v) is 6.35. The Kier molecular flexibility index (Phi) is 8.01. The summed E-state index contributed by atoms with van der Waals surface area (Å²) in [7, 11) is -3.63. The molecule has 1 amide bonds. The van der Waals surface area contributed by atoms with Gasteiger partial charge >= 0.3 is 0 Å². The summed E-state index contributed by atoms with van der Waals surface area (Å²) in [4.78, 5) is 12.2. The number of para-hydroxylation sites is 1. The van der Waals surface area contributed by atoms with E-state index in [1.165, 1.54) is 11.1 Å². The number of benzene rings is 2. The van der Waals surface area contributed by atoms with Gasteiger partial charge in [-0.25, -0.2) is 8.42 Å². The van der Waals surface area contributed by atoms with Crippen LogP contribution in [0.1, 0.15) is 11.1 Å². The minimum atomic E-state index is -3.63. The van der Waals surface area contributed by atoms with Crippen LogP contribution in [0, 0.1) is 6.92 Å². The molecule has 0 bridgehead atoms. The zero-order valence-electron chi connectivity index (χ0n) is 15.3. The van der Waals surface area contributed by atoms with Gasteiger partial charge in [0.15, 0.2) is 0 Å². The summed E-state index contributed by atoms with van der Waals surface area (Å²) in [6.07, 6.45) is 1.06. The molecule has 0 unspecified atom stereocenters. The number of anilines is 1. The number of nitrogens with one attached hydrogen (secondary N) is 1. The van der Waals surface area contributed by atoms with Crippen LogP contribution in [0.5, 0.6) is 0 Å². The molecule has 2 aromatic carbocycles. The largest absolute Gasteiger partial charge is 0.354 e. The van der Waals surface area contributed by atoms with Crippen molar-refractivity contribution in [3.05, 3.63) is 64.7 Å². The van der Waals surface area contributed by atoms with Crippen LogP contribution >= 0.6 is 23.4 Å². The average molecular weight is 427 g/mol. The molecule has 0 heterocycles. The van der Waals surface area contributed by atoms with Gasteiger partial charge in [0.1, 0.15) is 6.54 Å². The van der Waals surface area contributed by atoms with Crippen molar-refractivity contribution in [3.63, 3.8) is 0 Å². The minimum Gasteiger partial charge on any atom is -0.354 e. The van der Waals surface area contributed by atoms with Gasteiger partial charge in [0.05, 0.1) is 17.0 Å². The first-order valence-corrected chi connectivity index (χ1v) is 11.8. The summed E-state index contributed by atoms with van der Waals surface area (Å²) < 4.78 is 25.2. The molecule has 0 saturated carbocycles. The van der Waals surface area contributed by atoms with Crippen molar-refractivity contribution in [3.8, 4) is 0 Å². The Labute approximate surface area is 170 Å². The van der Waals surface area contributed by atoms with Crippen molar-refractivity contribution in [2.75, 3.05) is 29.4 Å². The number of rotatable bonds is 9. The van der Waals surface area contributed by atoms with Crippen LogP contribution in [-0.2, 0) is 20.6 Å². The van der Waals surface area contributed by atoms with Gasteiger partial charge in [-0.05, 0) is 30.2 Å². The van der Waals surface area contributed by atoms with E-state index in [1.54, 1.807) is 36.0 Å². The number of carbonyl (C=O) groups excluding carboxylic acids is 1. The highest BCUT2D eigenvalue weighted by Gasteiger charge is 2.22. The zero-order chi connectivity index (χ0) is 19.9. The SMILES string of the molecule is Cc1ccccc1CSCCNC(=O)CN(c1ccccc1Cl)S(C)(=O)=O. The normalized spacial score (nSPS) is 11.2. The van der Waals surface area contributed by atoms with E-state index in [1.807, 2.05) is 12.1 Å². The van der Waals surface area contributed by atoms with Gasteiger partial charge in [-0.15, -0.1) is 0 Å². The summed E-state index contributed by atoms with van der Waals surface area (Å²) >= 11 is 7.80. The van der Waals surface area contributed by atoms with E-state index in [-0.39, 0.29) is 17.5 Å². The summed E-state index contributed by atoms with van der Waals surface area (Å²) in [5.41, 5.74) is 2.82. The summed E-state index contributed by atoms with van der Waals surface area (Å²) in [6, 6.07) is 14.7. The number of hydrogen-bond acceptors (Lipinski definition) is 4. The van der Waals surface area contributed by atoms with Crippen LogP contribution in [-0.4, -0.2) is 39.4 Å². The monoisotopic (exact) mass is 426 g/mol. The van der Waals surface area contributed by atoms with Crippen molar-refractivity contribution >= 4 is 45.0 Å². The number of amides is 1. The smallest absolute Gasteiger partial charge is 0.240 e. The molecule has 0 aliphatic heterocycles. The van der Waals surface area contributed by atoms with Gasteiger partial charge in [0.25, 0.3) is 0 Å². The standard InChI is InChI=1S/C19H23ClN2O3S2/c1-15-7-3-4-8-16(15)14-26-12-11-21-19(23)13-22(27(2,24)25)18-10-6-5-9-17(18)20/h3-10H,11-14H2,1-2H3,(H,21,23). The molecule has 0 radical (unpaired) electrons. The van der Waals surface area contributed by atoms with E-state index in [2.05, 4.69) is 24.4 Å². The van der Waals surface area contributed by atoms with Crippen LogP contribution in [0.4, 0.5) is 5.69 Å². The molecule has 0 atom stereocenters. The molecule has 0 aliphatic carbocycles. The summed E-state index contributed by atoms with van der Waals surface area (Å²) in [6.45, 7) is 2.24. The molecule has 2 rings (SSSR count). The second-order valence-electron chi connectivity index (χ2n) is 6.05. The summed E-state index contributed by atoms with van der Waals surface area (Å²) in [5.74, 6) is 1.25. The molecule has 5 nitrogen and oxygen atoms in total. The highest BCUT2D eigenvalue weighted by atomic mass is 35.5. The molecule has 0 spiro atoms. The number of hydrogen-bond donors (Lipinski definition) is 1. The molecule has 2 aromatic rings. The first-order valence-electron chi connectivity index (χ1n) is 8.40. The maximum Gasteiger partial charge on any atom is 0.240 e. The molecule has 146 valence electrons. The lowest BCUT2D eigenvalue weighted by atomic mass is 10.1. The Hall–Kier alpha value is -1.70. The number of halogens is 1.